The van der Waals surface area contributed by atoms with E-state index in [1.54, 1.807) is 0 Å². The molecule has 1 aromatic rings. The Morgan fingerprint density at radius 3 is 2.33 bits per heavy atom. The molecule has 0 fully saturated rings. The molecular weight excluding hydrogens is 202 g/mol. The zero-order valence-corrected chi connectivity index (χ0v) is 8.41. The lowest BCUT2D eigenvalue weighted by Crippen LogP contribution is -2.06. The first-order valence-corrected chi connectivity index (χ1v) is 4.40. The summed E-state index contributed by atoms with van der Waals surface area (Å²) in [6, 6.07) is 0.975. The Labute approximate surface area is 85.6 Å². The number of nitrogens with zero attached hydrogens (tertiary/aromatic N) is 3. The van der Waals surface area contributed by atoms with Gasteiger partial charge in [-0.25, -0.2) is 4.57 Å². The van der Waals surface area contributed by atoms with Gasteiger partial charge in [0, 0.05) is 0 Å². The van der Waals surface area contributed by atoms with E-state index in [0.717, 1.165) is 6.07 Å². The predicted molar refractivity (Wildman–Crippen MR) is 52.6 cm³/mol. The van der Waals surface area contributed by atoms with Crippen LogP contribution in [0.2, 0.25) is 0 Å². The topological polar surface area (TPSA) is 91.2 Å². The molecule has 15 heavy (non-hydrogen) atoms. The van der Waals surface area contributed by atoms with Crippen LogP contribution in [0.15, 0.2) is 12.3 Å². The van der Waals surface area contributed by atoms with E-state index in [1.165, 1.54) is 10.8 Å². The Morgan fingerprint density at radius 2 is 1.93 bits per heavy atom. The summed E-state index contributed by atoms with van der Waals surface area (Å²) in [5.41, 5.74) is -0.248. The van der Waals surface area contributed by atoms with Crippen molar-refractivity contribution in [2.75, 3.05) is 0 Å². The van der Waals surface area contributed by atoms with Gasteiger partial charge in [-0.1, -0.05) is 13.8 Å². The average molecular weight is 213 g/mol. The van der Waals surface area contributed by atoms with Crippen LogP contribution in [-0.4, -0.2) is 14.4 Å². The summed E-state index contributed by atoms with van der Waals surface area (Å²) < 4.78 is 1.29. The Bertz CT molecular complexity index is 397. The third-order valence-electron chi connectivity index (χ3n) is 1.82. The average Bonchev–Trinajstić information content (AvgIpc) is 2.46. The number of aromatic nitrogens is 1. The van der Waals surface area contributed by atoms with E-state index < -0.39 is 9.85 Å². The second-order valence-corrected chi connectivity index (χ2v) is 3.62. The molecule has 0 amide bonds. The van der Waals surface area contributed by atoms with Gasteiger partial charge in [0.05, 0.1) is 11.5 Å². The molecule has 0 unspecified atom stereocenters. The second kappa shape index (κ2) is 4.07. The van der Waals surface area contributed by atoms with Gasteiger partial charge in [-0.05, 0) is 10.8 Å². The van der Waals surface area contributed by atoms with E-state index in [9.17, 15) is 20.2 Å². The van der Waals surface area contributed by atoms with Gasteiger partial charge in [-0.3, -0.25) is 10.1 Å². The molecule has 0 aliphatic rings. The number of nitro groups is 2. The van der Waals surface area contributed by atoms with Crippen molar-refractivity contribution in [1.29, 1.82) is 0 Å². The van der Waals surface area contributed by atoms with Crippen molar-refractivity contribution in [3.8, 4) is 0 Å². The number of hydrogen-bond acceptors (Lipinski definition) is 4. The van der Waals surface area contributed by atoms with Crippen LogP contribution in [0.1, 0.15) is 13.8 Å². The standard InChI is InChI=1S/C8H11N3O4/c1-6(2)4-9-5-7(10(12)13)3-8(9)11(14)15/h3,5-6H,4H2,1-2H3. The first kappa shape index (κ1) is 11.2. The summed E-state index contributed by atoms with van der Waals surface area (Å²) in [5.74, 6) is -0.0499. The summed E-state index contributed by atoms with van der Waals surface area (Å²) in [5, 5.41) is 21.0. The van der Waals surface area contributed by atoms with Crippen LogP contribution >= 0.6 is 0 Å². The van der Waals surface area contributed by atoms with Crippen molar-refractivity contribution in [2.24, 2.45) is 5.92 Å². The van der Waals surface area contributed by atoms with Crippen molar-refractivity contribution in [1.82, 2.24) is 4.57 Å². The highest BCUT2D eigenvalue weighted by Gasteiger charge is 2.22. The molecule has 7 nitrogen and oxygen atoms in total. The van der Waals surface area contributed by atoms with Crippen LogP contribution in [0, 0.1) is 26.1 Å². The molecule has 0 spiro atoms. The van der Waals surface area contributed by atoms with Gasteiger partial charge >= 0.3 is 11.5 Å². The van der Waals surface area contributed by atoms with Crippen LogP contribution in [0.3, 0.4) is 0 Å². The molecule has 0 atom stereocenters. The number of rotatable bonds is 4. The van der Waals surface area contributed by atoms with Crippen LogP contribution in [0.25, 0.3) is 0 Å². The fourth-order valence-corrected chi connectivity index (χ4v) is 1.28. The van der Waals surface area contributed by atoms with Gasteiger partial charge < -0.3 is 10.1 Å². The molecular formula is C8H11N3O4. The van der Waals surface area contributed by atoms with Crippen LogP contribution in [0.4, 0.5) is 11.5 Å². The highest BCUT2D eigenvalue weighted by Crippen LogP contribution is 2.23. The molecule has 0 bridgehead atoms. The van der Waals surface area contributed by atoms with Crippen molar-refractivity contribution < 1.29 is 9.85 Å². The zero-order chi connectivity index (χ0) is 11.6. The van der Waals surface area contributed by atoms with E-state index in [1.807, 2.05) is 13.8 Å². The Balaban J connectivity index is 3.11. The van der Waals surface area contributed by atoms with E-state index in [2.05, 4.69) is 0 Å². The molecule has 1 aromatic heterocycles. The van der Waals surface area contributed by atoms with E-state index in [-0.39, 0.29) is 17.4 Å². The lowest BCUT2D eigenvalue weighted by atomic mass is 10.2. The predicted octanol–water partition coefficient (Wildman–Crippen LogP) is 1.96. The minimum Gasteiger partial charge on any atom is -0.358 e. The van der Waals surface area contributed by atoms with Gasteiger partial charge in [-0.15, -0.1) is 0 Å². The summed E-state index contributed by atoms with van der Waals surface area (Å²) in [6.45, 7) is 4.16. The van der Waals surface area contributed by atoms with Gasteiger partial charge in [-0.2, -0.15) is 0 Å². The molecule has 0 aliphatic heterocycles. The molecule has 0 aromatic carbocycles. The normalized spacial score (nSPS) is 10.6. The molecule has 0 saturated heterocycles. The summed E-state index contributed by atoms with van der Waals surface area (Å²) >= 11 is 0. The van der Waals surface area contributed by atoms with E-state index in [0.29, 0.717) is 6.54 Å². The lowest BCUT2D eigenvalue weighted by molar-refractivity contribution is -0.395. The van der Waals surface area contributed by atoms with Crippen LogP contribution in [-0.2, 0) is 6.54 Å². The largest absolute Gasteiger partial charge is 0.358 e. The molecule has 0 saturated carbocycles. The van der Waals surface area contributed by atoms with Crippen molar-refractivity contribution in [2.45, 2.75) is 20.4 Å². The molecule has 7 heteroatoms. The van der Waals surface area contributed by atoms with Gasteiger partial charge in [0.2, 0.25) is 0 Å². The Hall–Kier alpha value is -1.92. The maximum atomic E-state index is 10.6. The van der Waals surface area contributed by atoms with Crippen molar-refractivity contribution in [3.63, 3.8) is 0 Å². The lowest BCUT2D eigenvalue weighted by Gasteiger charge is -2.02. The maximum absolute atomic E-state index is 10.6. The second-order valence-electron chi connectivity index (χ2n) is 3.62. The molecule has 0 N–H and O–H groups in total. The SMILES string of the molecule is CC(C)Cn1cc([N+](=O)[O-])cc1[N+](=O)[O-]. The maximum Gasteiger partial charge on any atom is 0.330 e. The summed E-state index contributed by atoms with van der Waals surface area (Å²) in [4.78, 5) is 19.8. The third-order valence-corrected chi connectivity index (χ3v) is 1.82. The Kier molecular flexibility index (Phi) is 3.03. The molecule has 0 radical (unpaired) electrons. The van der Waals surface area contributed by atoms with Crippen molar-refractivity contribution >= 4 is 11.5 Å². The van der Waals surface area contributed by atoms with Crippen LogP contribution in [0.5, 0.6) is 0 Å². The highest BCUT2D eigenvalue weighted by atomic mass is 16.6. The fourth-order valence-electron chi connectivity index (χ4n) is 1.28. The van der Waals surface area contributed by atoms with Gasteiger partial charge in [0.1, 0.15) is 6.07 Å². The van der Waals surface area contributed by atoms with Crippen LogP contribution < -0.4 is 0 Å². The first-order chi connectivity index (χ1) is 6.91. The van der Waals surface area contributed by atoms with Gasteiger partial charge in [0.15, 0.2) is 6.20 Å². The van der Waals surface area contributed by atoms with Gasteiger partial charge in [0.25, 0.3) is 0 Å². The zero-order valence-electron chi connectivity index (χ0n) is 8.41. The van der Waals surface area contributed by atoms with Crippen molar-refractivity contribution in [3.05, 3.63) is 32.5 Å². The Morgan fingerprint density at radius 1 is 1.33 bits per heavy atom. The van der Waals surface area contributed by atoms with E-state index in [4.69, 9.17) is 0 Å². The molecule has 82 valence electrons. The fraction of sp³-hybridized carbons (Fsp3) is 0.500. The first-order valence-electron chi connectivity index (χ1n) is 4.40. The monoisotopic (exact) mass is 213 g/mol. The molecule has 1 heterocycles. The summed E-state index contributed by atoms with van der Waals surface area (Å²) in [6.07, 6.45) is 1.19. The molecule has 1 rings (SSSR count). The minimum absolute atomic E-state index is 0.190. The van der Waals surface area contributed by atoms with E-state index >= 15 is 0 Å². The smallest absolute Gasteiger partial charge is 0.330 e. The highest BCUT2D eigenvalue weighted by molar-refractivity contribution is 5.39. The quantitative estimate of drug-likeness (QED) is 0.564. The minimum atomic E-state index is -0.635. The third kappa shape index (κ3) is 2.52. The summed E-state index contributed by atoms with van der Waals surface area (Å²) in [7, 11) is 0. The molecule has 0 aliphatic carbocycles. The number of hydrogen-bond donors (Lipinski definition) is 0.